The van der Waals surface area contributed by atoms with Crippen molar-refractivity contribution in [3.63, 3.8) is 0 Å². The molecule has 2 heterocycles. The molecule has 0 aromatic heterocycles. The summed E-state index contributed by atoms with van der Waals surface area (Å²) in [5, 5.41) is 5.85. The Morgan fingerprint density at radius 3 is 2.29 bits per heavy atom. The molecule has 0 bridgehead atoms. The van der Waals surface area contributed by atoms with Gasteiger partial charge in [0, 0.05) is 26.2 Å². The molecule has 2 aliphatic heterocycles. The Hall–Kier alpha value is -3.39. The second-order valence-electron chi connectivity index (χ2n) is 11.3. The molecule has 8 heteroatoms. The third-order valence-corrected chi connectivity index (χ3v) is 8.37. The van der Waals surface area contributed by atoms with Crippen LogP contribution in [0.1, 0.15) is 69.4 Å². The van der Waals surface area contributed by atoms with Crippen LogP contribution in [0.15, 0.2) is 60.7 Å². The molecule has 222 valence electrons. The zero-order chi connectivity index (χ0) is 28.9. The van der Waals surface area contributed by atoms with Crippen molar-refractivity contribution in [3.8, 4) is 0 Å². The van der Waals surface area contributed by atoms with Crippen molar-refractivity contribution in [1.29, 1.82) is 0 Å². The second kappa shape index (κ2) is 15.6. The molecule has 41 heavy (non-hydrogen) atoms. The van der Waals surface area contributed by atoms with Gasteiger partial charge in [-0.15, -0.1) is 0 Å². The highest BCUT2D eigenvalue weighted by Gasteiger charge is 2.52. The normalized spacial score (nSPS) is 18.8. The van der Waals surface area contributed by atoms with E-state index in [1.165, 1.54) is 5.56 Å². The van der Waals surface area contributed by atoms with E-state index in [0.717, 1.165) is 57.3 Å². The first kappa shape index (κ1) is 30.6. The fourth-order valence-corrected chi connectivity index (χ4v) is 6.01. The van der Waals surface area contributed by atoms with Gasteiger partial charge in [0.05, 0.1) is 0 Å². The van der Waals surface area contributed by atoms with E-state index in [2.05, 4.69) is 52.8 Å². The highest BCUT2D eigenvalue weighted by Crippen LogP contribution is 2.34. The molecule has 2 saturated heterocycles. The van der Waals surface area contributed by atoms with Crippen LogP contribution >= 0.6 is 0 Å². The van der Waals surface area contributed by atoms with Gasteiger partial charge in [0.15, 0.2) is 0 Å². The van der Waals surface area contributed by atoms with E-state index in [4.69, 9.17) is 4.74 Å². The van der Waals surface area contributed by atoms with E-state index < -0.39 is 17.7 Å². The quantitative estimate of drug-likeness (QED) is 0.327. The fraction of sp³-hybridized carbons (Fsp3) is 0.545. The van der Waals surface area contributed by atoms with Gasteiger partial charge >= 0.3 is 6.09 Å². The van der Waals surface area contributed by atoms with E-state index in [1.54, 1.807) is 0 Å². The molecule has 1 unspecified atom stereocenters. The molecule has 8 nitrogen and oxygen atoms in total. The minimum atomic E-state index is -0.728. The predicted octanol–water partition coefficient (Wildman–Crippen LogP) is 4.68. The number of rotatable bonds is 14. The van der Waals surface area contributed by atoms with Crippen molar-refractivity contribution in [3.05, 3.63) is 71.8 Å². The standard InChI is InChI=1S/C33H46N4O4/c1-2-22-37-30(38)29(18-9-11-21-34-32(40)41-26-28-16-7-4-8-17-28)35-31(39)33(37)19-24-36(25-20-33)23-12-10-15-27-13-5-3-6-14-27/h3-8,13-14,16-17,29H,2,9-12,15,18-26H2,1H3,(H,34,40)(H,35,39). The van der Waals surface area contributed by atoms with Crippen molar-refractivity contribution >= 4 is 17.9 Å². The molecule has 2 aromatic rings. The van der Waals surface area contributed by atoms with Crippen LogP contribution in [0.25, 0.3) is 0 Å². The number of nitrogens with zero attached hydrogens (tertiary/aromatic N) is 2. The number of carbonyl (C=O) groups excluding carboxylic acids is 3. The Morgan fingerprint density at radius 1 is 0.927 bits per heavy atom. The van der Waals surface area contributed by atoms with Gasteiger partial charge in [-0.2, -0.15) is 0 Å². The SMILES string of the molecule is CCCN1C(=O)C(CCCCNC(=O)OCc2ccccc2)NC(=O)C12CCN(CCCCc1ccccc1)CC2. The number of benzene rings is 2. The Kier molecular flexibility index (Phi) is 11.6. The maximum Gasteiger partial charge on any atom is 0.407 e. The minimum Gasteiger partial charge on any atom is -0.445 e. The molecule has 4 rings (SSSR count). The molecule has 0 aliphatic carbocycles. The summed E-state index contributed by atoms with van der Waals surface area (Å²) in [6.45, 7) is 6.07. The molecule has 3 amide bonds. The average molecular weight is 563 g/mol. The molecule has 1 spiro atoms. The van der Waals surface area contributed by atoms with Gasteiger partial charge in [-0.05, 0) is 75.5 Å². The van der Waals surface area contributed by atoms with E-state index >= 15 is 0 Å². The molecular formula is C33H46N4O4. The maximum atomic E-state index is 13.6. The Bertz CT molecular complexity index is 1100. The van der Waals surface area contributed by atoms with E-state index in [0.29, 0.717) is 38.8 Å². The maximum absolute atomic E-state index is 13.6. The average Bonchev–Trinajstić information content (AvgIpc) is 3.00. The summed E-state index contributed by atoms with van der Waals surface area (Å²) < 4.78 is 5.24. The van der Waals surface area contributed by atoms with Gasteiger partial charge < -0.3 is 25.2 Å². The van der Waals surface area contributed by atoms with Crippen LogP contribution in [0.3, 0.4) is 0 Å². The summed E-state index contributed by atoms with van der Waals surface area (Å²) in [5.41, 5.74) is 1.59. The highest BCUT2D eigenvalue weighted by molar-refractivity contribution is 6.00. The van der Waals surface area contributed by atoms with Gasteiger partial charge in [-0.3, -0.25) is 9.59 Å². The molecule has 0 saturated carbocycles. The highest BCUT2D eigenvalue weighted by atomic mass is 16.5. The number of likely N-dealkylation sites (tertiary alicyclic amines) is 1. The van der Waals surface area contributed by atoms with Gasteiger partial charge in [-0.1, -0.05) is 67.6 Å². The van der Waals surface area contributed by atoms with Crippen LogP contribution in [-0.2, 0) is 27.4 Å². The van der Waals surface area contributed by atoms with Crippen molar-refractivity contribution in [2.24, 2.45) is 0 Å². The summed E-state index contributed by atoms with van der Waals surface area (Å²) in [4.78, 5) is 43.4. The summed E-state index contributed by atoms with van der Waals surface area (Å²) >= 11 is 0. The summed E-state index contributed by atoms with van der Waals surface area (Å²) in [7, 11) is 0. The van der Waals surface area contributed by atoms with Crippen LogP contribution in [0.5, 0.6) is 0 Å². The van der Waals surface area contributed by atoms with Crippen LogP contribution in [0.4, 0.5) is 4.79 Å². The smallest absolute Gasteiger partial charge is 0.407 e. The Morgan fingerprint density at radius 2 is 1.61 bits per heavy atom. The van der Waals surface area contributed by atoms with Crippen LogP contribution in [0, 0.1) is 0 Å². The number of unbranched alkanes of at least 4 members (excludes halogenated alkanes) is 2. The lowest BCUT2D eigenvalue weighted by molar-refractivity contribution is -0.161. The zero-order valence-electron chi connectivity index (χ0n) is 24.5. The number of piperazine rings is 1. The molecule has 2 aromatic carbocycles. The lowest BCUT2D eigenvalue weighted by atomic mass is 9.81. The third kappa shape index (κ3) is 8.55. The summed E-state index contributed by atoms with van der Waals surface area (Å²) in [6.07, 6.45) is 7.12. The fourth-order valence-electron chi connectivity index (χ4n) is 6.01. The molecule has 2 N–H and O–H groups in total. The third-order valence-electron chi connectivity index (χ3n) is 8.37. The molecule has 2 aliphatic rings. The van der Waals surface area contributed by atoms with Crippen LogP contribution in [0.2, 0.25) is 0 Å². The van der Waals surface area contributed by atoms with Crippen molar-refractivity contribution in [1.82, 2.24) is 20.4 Å². The molecule has 1 atom stereocenters. The first-order valence-corrected chi connectivity index (χ1v) is 15.3. The van der Waals surface area contributed by atoms with E-state index in [1.807, 2.05) is 35.2 Å². The number of carbonyl (C=O) groups is 3. The summed E-state index contributed by atoms with van der Waals surface area (Å²) in [6, 6.07) is 19.6. The number of alkyl carbamates (subject to hydrolysis) is 1. The lowest BCUT2D eigenvalue weighted by Gasteiger charge is -2.51. The molecule has 0 radical (unpaired) electrons. The molecular weight excluding hydrogens is 516 g/mol. The largest absolute Gasteiger partial charge is 0.445 e. The number of nitrogens with one attached hydrogen (secondary N) is 2. The van der Waals surface area contributed by atoms with Gasteiger partial charge in [0.2, 0.25) is 11.8 Å². The minimum absolute atomic E-state index is 0.00175. The lowest BCUT2D eigenvalue weighted by Crippen LogP contribution is -2.72. The van der Waals surface area contributed by atoms with Gasteiger partial charge in [0.25, 0.3) is 0 Å². The van der Waals surface area contributed by atoms with E-state index in [-0.39, 0.29) is 18.4 Å². The number of aryl methyl sites for hydroxylation is 1. The summed E-state index contributed by atoms with van der Waals surface area (Å²) in [5.74, 6) is 0.0416. The Labute approximate surface area is 244 Å². The second-order valence-corrected chi connectivity index (χ2v) is 11.3. The topological polar surface area (TPSA) is 91.0 Å². The van der Waals surface area contributed by atoms with Crippen molar-refractivity contribution < 1.29 is 19.1 Å². The van der Waals surface area contributed by atoms with E-state index in [9.17, 15) is 14.4 Å². The van der Waals surface area contributed by atoms with Crippen LogP contribution < -0.4 is 10.6 Å². The van der Waals surface area contributed by atoms with Crippen LogP contribution in [-0.4, -0.2) is 72.0 Å². The number of amides is 3. The number of hydrogen-bond acceptors (Lipinski definition) is 5. The predicted molar refractivity (Wildman–Crippen MR) is 160 cm³/mol. The zero-order valence-corrected chi connectivity index (χ0v) is 24.5. The first-order chi connectivity index (χ1) is 20.0. The Balaban J connectivity index is 1.17. The number of ether oxygens (including phenoxy) is 1. The first-order valence-electron chi connectivity index (χ1n) is 15.3. The van der Waals surface area contributed by atoms with Gasteiger partial charge in [0.1, 0.15) is 18.2 Å². The molecule has 2 fully saturated rings. The monoisotopic (exact) mass is 562 g/mol. The number of piperidine rings is 1. The van der Waals surface area contributed by atoms with Crippen molar-refractivity contribution in [2.75, 3.05) is 32.7 Å². The van der Waals surface area contributed by atoms with Crippen molar-refractivity contribution in [2.45, 2.75) is 82.9 Å². The number of hydrogen-bond donors (Lipinski definition) is 2. The van der Waals surface area contributed by atoms with Gasteiger partial charge in [-0.25, -0.2) is 4.79 Å².